The second-order valence-electron chi connectivity index (χ2n) is 14.8. The normalized spacial score (nSPS) is 17.2. The molecule has 1 N–H and O–H groups in total. The van der Waals surface area contributed by atoms with Gasteiger partial charge in [0.1, 0.15) is 17.2 Å². The maximum Gasteiger partial charge on any atom is 0.350 e. The number of nitriles is 1. The van der Waals surface area contributed by atoms with E-state index in [4.69, 9.17) is 18.5 Å². The Hall–Kier alpha value is -5.47. The molecule has 6 rings (SSSR count). The van der Waals surface area contributed by atoms with Crippen LogP contribution in [0, 0.1) is 17.2 Å². The number of methoxy groups -OCH3 is 1. The first-order valence-corrected chi connectivity index (χ1v) is 21.1. The predicted molar refractivity (Wildman–Crippen MR) is 231 cm³/mol. The highest BCUT2D eigenvalue weighted by Crippen LogP contribution is 2.50. The first-order valence-electron chi connectivity index (χ1n) is 19.9. The summed E-state index contributed by atoms with van der Waals surface area (Å²) in [5, 5.41) is 12.1. The SMILES string of the molecule is COc1ccc(C(OC[C@H]2C=C[C@@H](n3ccc(NC(=O)c4ccccc4)nc3=O)C[C@@H]2OP(OCCC#N)N(C(C)C)C(C)C)(c2ccccc2)c2ccccc2)cc1. The van der Waals surface area contributed by atoms with Crippen molar-refractivity contribution in [3.05, 3.63) is 172 Å². The van der Waals surface area contributed by atoms with E-state index in [0.29, 0.717) is 12.0 Å². The number of carbonyl (C=O) groups is 1. The first kappa shape index (κ1) is 43.1. The quantitative estimate of drug-likeness (QED) is 0.0399. The Kier molecular flexibility index (Phi) is 15.0. The van der Waals surface area contributed by atoms with Crippen molar-refractivity contribution >= 4 is 20.3 Å². The third kappa shape index (κ3) is 10.4. The van der Waals surface area contributed by atoms with Gasteiger partial charge in [0.2, 0.25) is 0 Å². The van der Waals surface area contributed by atoms with E-state index in [-0.39, 0.29) is 49.4 Å². The number of carbonyl (C=O) groups excluding carboxylic acids is 1. The van der Waals surface area contributed by atoms with Crippen LogP contribution >= 0.6 is 8.53 Å². The zero-order valence-corrected chi connectivity index (χ0v) is 35.1. The van der Waals surface area contributed by atoms with Crippen LogP contribution in [0.25, 0.3) is 0 Å². The fraction of sp³-hybridized carbons (Fsp3) is 0.319. The van der Waals surface area contributed by atoms with Crippen molar-refractivity contribution < 1.29 is 23.3 Å². The molecule has 0 fully saturated rings. The lowest BCUT2D eigenvalue weighted by molar-refractivity contribution is -0.0283. The average molecular weight is 814 g/mol. The Balaban J connectivity index is 1.38. The van der Waals surface area contributed by atoms with Crippen LogP contribution in [-0.4, -0.2) is 58.6 Å². The number of nitrogens with one attached hydrogen (secondary N) is 1. The summed E-state index contributed by atoms with van der Waals surface area (Å²) < 4.78 is 30.1. The van der Waals surface area contributed by atoms with Gasteiger partial charge in [0, 0.05) is 29.8 Å². The smallest absolute Gasteiger partial charge is 0.350 e. The van der Waals surface area contributed by atoms with Crippen LogP contribution in [0.3, 0.4) is 0 Å². The van der Waals surface area contributed by atoms with Gasteiger partial charge >= 0.3 is 5.69 Å². The number of benzene rings is 4. The molecule has 1 aliphatic rings. The van der Waals surface area contributed by atoms with Gasteiger partial charge in [-0.05, 0) is 81.1 Å². The van der Waals surface area contributed by atoms with Gasteiger partial charge in [-0.2, -0.15) is 10.2 Å². The monoisotopic (exact) mass is 813 g/mol. The molecule has 11 nitrogen and oxygen atoms in total. The number of aromatic nitrogens is 2. The van der Waals surface area contributed by atoms with Crippen LogP contribution in [0.1, 0.15) is 73.6 Å². The Morgan fingerprint density at radius 2 is 1.47 bits per heavy atom. The molecular formula is C47H52N5O6P. The summed E-state index contributed by atoms with van der Waals surface area (Å²) in [4.78, 5) is 30.7. The highest BCUT2D eigenvalue weighted by atomic mass is 31.2. The van der Waals surface area contributed by atoms with Gasteiger partial charge in [0.25, 0.3) is 14.4 Å². The second kappa shape index (κ2) is 20.5. The maximum atomic E-state index is 13.6. The zero-order valence-electron chi connectivity index (χ0n) is 34.2. The summed E-state index contributed by atoms with van der Waals surface area (Å²) in [5.74, 6) is 0.259. The molecule has 1 amide bonds. The number of amides is 1. The number of allylic oxidation sites excluding steroid dienone is 1. The van der Waals surface area contributed by atoms with Gasteiger partial charge in [-0.3, -0.25) is 9.36 Å². The molecule has 0 radical (unpaired) electrons. The van der Waals surface area contributed by atoms with Gasteiger partial charge in [-0.1, -0.05) is 103 Å². The molecule has 4 aromatic carbocycles. The zero-order chi connectivity index (χ0) is 41.8. The molecule has 0 saturated heterocycles. The Morgan fingerprint density at radius 1 is 0.881 bits per heavy atom. The van der Waals surface area contributed by atoms with Gasteiger partial charge in [-0.25, -0.2) is 9.46 Å². The largest absolute Gasteiger partial charge is 0.497 e. The summed E-state index contributed by atoms with van der Waals surface area (Å²) in [7, 11) is 0.00507. The molecule has 306 valence electrons. The van der Waals surface area contributed by atoms with Crippen LogP contribution in [0.2, 0.25) is 0 Å². The minimum Gasteiger partial charge on any atom is -0.497 e. The van der Waals surface area contributed by atoms with Gasteiger partial charge in [-0.15, -0.1) is 0 Å². The fourth-order valence-corrected chi connectivity index (χ4v) is 9.22. The van der Waals surface area contributed by atoms with Crippen molar-refractivity contribution in [3.63, 3.8) is 0 Å². The molecule has 0 bridgehead atoms. The van der Waals surface area contributed by atoms with E-state index in [9.17, 15) is 14.9 Å². The molecule has 4 atom stereocenters. The van der Waals surface area contributed by atoms with Crippen molar-refractivity contribution in [1.29, 1.82) is 5.26 Å². The lowest BCUT2D eigenvalue weighted by atomic mass is 9.79. The highest BCUT2D eigenvalue weighted by molar-refractivity contribution is 7.44. The molecule has 0 aliphatic heterocycles. The second-order valence-corrected chi connectivity index (χ2v) is 16.2. The summed E-state index contributed by atoms with van der Waals surface area (Å²) in [5.41, 5.74) is 1.77. The van der Waals surface area contributed by atoms with Gasteiger partial charge < -0.3 is 23.8 Å². The van der Waals surface area contributed by atoms with E-state index < -0.39 is 32.0 Å². The van der Waals surface area contributed by atoms with Crippen LogP contribution in [0.4, 0.5) is 5.82 Å². The third-order valence-corrected chi connectivity index (χ3v) is 12.4. The fourth-order valence-electron chi connectivity index (χ4n) is 7.44. The molecule has 59 heavy (non-hydrogen) atoms. The minimum atomic E-state index is -1.64. The van der Waals surface area contributed by atoms with Crippen LogP contribution < -0.4 is 15.7 Å². The molecular weight excluding hydrogens is 762 g/mol. The Bertz CT molecular complexity index is 2180. The van der Waals surface area contributed by atoms with Crippen LogP contribution in [-0.2, 0) is 19.4 Å². The first-order chi connectivity index (χ1) is 28.6. The number of anilines is 1. The molecule has 1 heterocycles. The Labute approximate surface area is 348 Å². The van der Waals surface area contributed by atoms with Gasteiger partial charge in [0.05, 0.1) is 45.0 Å². The minimum absolute atomic E-state index is 0.0807. The van der Waals surface area contributed by atoms with E-state index in [1.165, 1.54) is 0 Å². The lowest BCUT2D eigenvalue weighted by Crippen LogP contribution is -2.41. The van der Waals surface area contributed by atoms with E-state index in [0.717, 1.165) is 22.4 Å². The van der Waals surface area contributed by atoms with E-state index in [1.54, 1.807) is 48.2 Å². The number of hydrogen-bond donors (Lipinski definition) is 1. The topological polar surface area (TPSA) is 128 Å². The number of ether oxygens (including phenoxy) is 2. The van der Waals surface area contributed by atoms with Crippen molar-refractivity contribution in [3.8, 4) is 11.8 Å². The van der Waals surface area contributed by atoms with Crippen molar-refractivity contribution in [2.45, 2.75) is 70.4 Å². The maximum absolute atomic E-state index is 13.6. The summed E-state index contributed by atoms with van der Waals surface area (Å²) in [6.45, 7) is 8.86. The van der Waals surface area contributed by atoms with Crippen molar-refractivity contribution in [2.75, 3.05) is 25.6 Å². The van der Waals surface area contributed by atoms with E-state index >= 15 is 0 Å². The number of nitrogens with zero attached hydrogens (tertiary/aromatic N) is 4. The molecule has 0 spiro atoms. The summed E-state index contributed by atoms with van der Waals surface area (Å²) >= 11 is 0. The molecule has 12 heteroatoms. The van der Waals surface area contributed by atoms with E-state index in [2.05, 4.69) is 79.1 Å². The molecule has 0 saturated carbocycles. The number of hydrogen-bond acceptors (Lipinski definition) is 9. The average Bonchev–Trinajstić information content (AvgIpc) is 3.25. The van der Waals surface area contributed by atoms with E-state index in [1.807, 2.05) is 72.8 Å². The third-order valence-electron chi connectivity index (χ3n) is 10.2. The summed E-state index contributed by atoms with van der Waals surface area (Å²) in [6.07, 6.45) is 5.85. The van der Waals surface area contributed by atoms with Crippen molar-refractivity contribution in [2.24, 2.45) is 5.92 Å². The standard InChI is InChI=1S/C47H52N5O6P/c1-34(2)52(35(3)4)59(57-31-15-29-48)58-43-32-41(51-30-28-44(50-46(51)54)49-45(53)36-16-9-6-10-17-36)25-22-37(43)33-56-47(38-18-11-7-12-19-38,39-20-13-8-14-21-39)40-23-26-42(55-5)27-24-40/h6-14,16-28,30,34-35,37,41,43H,15,31-33H2,1-5H3,(H,49,50,53,54)/t37-,41-,43+,59?/m1/s1. The van der Waals surface area contributed by atoms with Crippen LogP contribution in [0.15, 0.2) is 144 Å². The highest BCUT2D eigenvalue weighted by Gasteiger charge is 2.41. The Morgan fingerprint density at radius 3 is 2.03 bits per heavy atom. The van der Waals surface area contributed by atoms with Crippen LogP contribution in [0.5, 0.6) is 5.75 Å². The van der Waals surface area contributed by atoms with Gasteiger partial charge in [0.15, 0.2) is 0 Å². The van der Waals surface area contributed by atoms with Crippen molar-refractivity contribution in [1.82, 2.24) is 14.2 Å². The molecule has 5 aromatic rings. The molecule has 1 aliphatic carbocycles. The predicted octanol–water partition coefficient (Wildman–Crippen LogP) is 9.29. The molecule has 1 unspecified atom stereocenters. The lowest BCUT2D eigenvalue weighted by Gasteiger charge is -2.42. The number of rotatable bonds is 18. The molecule has 1 aromatic heterocycles. The summed E-state index contributed by atoms with van der Waals surface area (Å²) in [6, 6.07) is 40.6.